The van der Waals surface area contributed by atoms with Crippen LogP contribution >= 0.6 is 11.8 Å². The number of alkyl halides is 3. The lowest BCUT2D eigenvalue weighted by Gasteiger charge is -2.08. The number of Topliss-reactive ketones (excluding diaryl/α,β-unsaturated/α-hetero) is 1. The Hall–Kier alpha value is -1.17. The molecule has 1 aromatic rings. The largest absolute Gasteiger partial charge is 0.573 e. The molecule has 0 atom stereocenters. The first-order valence-electron chi connectivity index (χ1n) is 4.80. The van der Waals surface area contributed by atoms with E-state index >= 15 is 0 Å². The van der Waals surface area contributed by atoms with Gasteiger partial charge in [0.15, 0.2) is 5.78 Å². The Balaban J connectivity index is 2.64. The summed E-state index contributed by atoms with van der Waals surface area (Å²) in [7, 11) is 0. The van der Waals surface area contributed by atoms with E-state index in [0.717, 1.165) is 12.1 Å². The maximum absolute atomic E-state index is 11.9. The van der Waals surface area contributed by atoms with Gasteiger partial charge >= 0.3 is 6.36 Å². The number of rotatable bonds is 5. The number of ketones is 1. The van der Waals surface area contributed by atoms with Crippen LogP contribution in [-0.4, -0.2) is 24.2 Å². The fourth-order valence-electron chi connectivity index (χ4n) is 1.18. The highest BCUT2D eigenvalue weighted by atomic mass is 32.2. The summed E-state index contributed by atoms with van der Waals surface area (Å²) >= 11 is 1.54. The quantitative estimate of drug-likeness (QED) is 0.761. The summed E-state index contributed by atoms with van der Waals surface area (Å²) < 4.78 is 39.3. The minimum absolute atomic E-state index is 0.0853. The van der Waals surface area contributed by atoms with Crippen molar-refractivity contribution >= 4 is 17.5 Å². The molecule has 1 rings (SSSR count). The predicted molar refractivity (Wildman–Crippen MR) is 60.5 cm³/mol. The summed E-state index contributed by atoms with van der Waals surface area (Å²) in [6.07, 6.45) is -2.45. The molecule has 0 radical (unpaired) electrons. The summed E-state index contributed by atoms with van der Waals surface area (Å²) in [6.45, 7) is 0. The molecule has 0 spiro atoms. The number of thioether (sulfide) groups is 1. The topological polar surface area (TPSA) is 26.3 Å². The number of ether oxygens (including phenoxy) is 1. The Morgan fingerprint density at radius 3 is 2.35 bits per heavy atom. The number of halogens is 3. The summed E-state index contributed by atoms with van der Waals surface area (Å²) in [5, 5.41) is 0. The van der Waals surface area contributed by atoms with Crippen molar-refractivity contribution in [2.24, 2.45) is 0 Å². The normalized spacial score (nSPS) is 11.3. The lowest BCUT2D eigenvalue weighted by Crippen LogP contribution is -2.17. The van der Waals surface area contributed by atoms with Gasteiger partial charge < -0.3 is 4.74 Å². The van der Waals surface area contributed by atoms with Crippen molar-refractivity contribution in [1.82, 2.24) is 0 Å². The van der Waals surface area contributed by atoms with Gasteiger partial charge in [-0.25, -0.2) is 0 Å². The SMILES string of the molecule is CSCCC(=O)c1ccc(OC(F)(F)F)cc1. The second-order valence-electron chi connectivity index (χ2n) is 3.24. The number of hydrogen-bond acceptors (Lipinski definition) is 3. The van der Waals surface area contributed by atoms with Crippen molar-refractivity contribution in [3.63, 3.8) is 0 Å². The average molecular weight is 264 g/mol. The highest BCUT2D eigenvalue weighted by Crippen LogP contribution is 2.23. The van der Waals surface area contributed by atoms with E-state index in [0.29, 0.717) is 17.7 Å². The van der Waals surface area contributed by atoms with Crippen molar-refractivity contribution in [1.29, 1.82) is 0 Å². The molecule has 0 aliphatic heterocycles. The molecule has 0 amide bonds. The molecule has 0 unspecified atom stereocenters. The molecule has 0 bridgehead atoms. The number of carbonyl (C=O) groups is 1. The Morgan fingerprint density at radius 2 is 1.88 bits per heavy atom. The number of benzene rings is 1. The highest BCUT2D eigenvalue weighted by molar-refractivity contribution is 7.98. The van der Waals surface area contributed by atoms with Gasteiger partial charge in [-0.05, 0) is 30.5 Å². The minimum Gasteiger partial charge on any atom is -0.406 e. The van der Waals surface area contributed by atoms with Gasteiger partial charge in [-0.1, -0.05) is 0 Å². The van der Waals surface area contributed by atoms with Crippen LogP contribution in [0.3, 0.4) is 0 Å². The fraction of sp³-hybridized carbons (Fsp3) is 0.364. The zero-order valence-electron chi connectivity index (χ0n) is 9.08. The Labute approximate surface area is 101 Å². The molecule has 0 saturated carbocycles. The summed E-state index contributed by atoms with van der Waals surface area (Å²) in [4.78, 5) is 11.5. The third-order valence-electron chi connectivity index (χ3n) is 1.94. The Morgan fingerprint density at radius 1 is 1.29 bits per heavy atom. The zero-order valence-corrected chi connectivity index (χ0v) is 9.90. The zero-order chi connectivity index (χ0) is 12.9. The molecule has 0 saturated heterocycles. The molecule has 1 aromatic carbocycles. The molecule has 6 heteroatoms. The van der Waals surface area contributed by atoms with Gasteiger partial charge in [0, 0.05) is 17.7 Å². The van der Waals surface area contributed by atoms with E-state index < -0.39 is 6.36 Å². The van der Waals surface area contributed by atoms with Gasteiger partial charge in [-0.3, -0.25) is 4.79 Å². The molecule has 0 heterocycles. The van der Waals surface area contributed by atoms with Crippen LogP contribution in [0, 0.1) is 0 Å². The van der Waals surface area contributed by atoms with Crippen LogP contribution in [0.2, 0.25) is 0 Å². The van der Waals surface area contributed by atoms with E-state index in [1.807, 2.05) is 6.26 Å². The smallest absolute Gasteiger partial charge is 0.406 e. The molecule has 17 heavy (non-hydrogen) atoms. The van der Waals surface area contributed by atoms with Crippen molar-refractivity contribution < 1.29 is 22.7 Å². The maximum Gasteiger partial charge on any atom is 0.573 e. The summed E-state index contributed by atoms with van der Waals surface area (Å²) in [5.74, 6) is 0.288. The molecule has 0 N–H and O–H groups in total. The second kappa shape index (κ2) is 5.95. The molecular formula is C11H11F3O2S. The van der Waals surface area contributed by atoms with E-state index in [1.54, 1.807) is 11.8 Å². The Kier molecular flexibility index (Phi) is 4.86. The van der Waals surface area contributed by atoms with Crippen molar-refractivity contribution in [3.8, 4) is 5.75 Å². The average Bonchev–Trinajstić information content (AvgIpc) is 2.24. The molecular weight excluding hydrogens is 253 g/mol. The first kappa shape index (κ1) is 13.9. The first-order valence-corrected chi connectivity index (χ1v) is 6.20. The van der Waals surface area contributed by atoms with E-state index in [9.17, 15) is 18.0 Å². The molecule has 0 fully saturated rings. The molecule has 0 aliphatic rings. The number of hydrogen-bond donors (Lipinski definition) is 0. The monoisotopic (exact) mass is 264 g/mol. The van der Waals surface area contributed by atoms with Crippen molar-refractivity contribution in [2.75, 3.05) is 12.0 Å². The van der Waals surface area contributed by atoms with Gasteiger partial charge in [0.25, 0.3) is 0 Å². The van der Waals surface area contributed by atoms with E-state index in [-0.39, 0.29) is 11.5 Å². The second-order valence-corrected chi connectivity index (χ2v) is 4.22. The highest BCUT2D eigenvalue weighted by Gasteiger charge is 2.30. The predicted octanol–water partition coefficient (Wildman–Crippen LogP) is 3.52. The van der Waals surface area contributed by atoms with Gasteiger partial charge in [-0.2, -0.15) is 11.8 Å². The van der Waals surface area contributed by atoms with Crippen LogP contribution in [0.4, 0.5) is 13.2 Å². The number of carbonyl (C=O) groups excluding carboxylic acids is 1. The van der Waals surface area contributed by atoms with Crippen LogP contribution in [-0.2, 0) is 0 Å². The van der Waals surface area contributed by atoms with E-state index in [1.165, 1.54) is 12.1 Å². The van der Waals surface area contributed by atoms with Crippen molar-refractivity contribution in [3.05, 3.63) is 29.8 Å². The van der Waals surface area contributed by atoms with Gasteiger partial charge in [0.1, 0.15) is 5.75 Å². The maximum atomic E-state index is 11.9. The summed E-state index contributed by atoms with van der Waals surface area (Å²) in [5.41, 5.74) is 0.397. The molecule has 0 aromatic heterocycles. The third kappa shape index (κ3) is 5.12. The molecule has 0 aliphatic carbocycles. The van der Waals surface area contributed by atoms with E-state index in [4.69, 9.17) is 0 Å². The molecule has 2 nitrogen and oxygen atoms in total. The van der Waals surface area contributed by atoms with Gasteiger partial charge in [0.05, 0.1) is 0 Å². The molecule has 94 valence electrons. The lowest BCUT2D eigenvalue weighted by molar-refractivity contribution is -0.274. The van der Waals surface area contributed by atoms with E-state index in [2.05, 4.69) is 4.74 Å². The first-order chi connectivity index (χ1) is 7.92. The van der Waals surface area contributed by atoms with Crippen LogP contribution < -0.4 is 4.74 Å². The third-order valence-corrected chi connectivity index (χ3v) is 2.56. The van der Waals surface area contributed by atoms with Gasteiger partial charge in [0.2, 0.25) is 0 Å². The standard InChI is InChI=1S/C11H11F3O2S/c1-17-7-6-10(15)8-2-4-9(5-3-8)16-11(12,13)14/h2-5H,6-7H2,1H3. The Bertz CT molecular complexity index is 373. The lowest BCUT2D eigenvalue weighted by atomic mass is 10.1. The van der Waals surface area contributed by atoms with Crippen molar-refractivity contribution in [2.45, 2.75) is 12.8 Å². The van der Waals surface area contributed by atoms with Crippen LogP contribution in [0.1, 0.15) is 16.8 Å². The fourth-order valence-corrected chi connectivity index (χ4v) is 1.57. The van der Waals surface area contributed by atoms with Crippen LogP contribution in [0.25, 0.3) is 0 Å². The minimum atomic E-state index is -4.70. The summed E-state index contributed by atoms with van der Waals surface area (Å²) in [6, 6.07) is 4.95. The van der Waals surface area contributed by atoms with Crippen LogP contribution in [0.5, 0.6) is 5.75 Å². The van der Waals surface area contributed by atoms with Crippen LogP contribution in [0.15, 0.2) is 24.3 Å². The van der Waals surface area contributed by atoms with Gasteiger partial charge in [-0.15, -0.1) is 13.2 Å².